The van der Waals surface area contributed by atoms with E-state index in [1.807, 2.05) is 16.8 Å². The molecule has 1 atom stereocenters. The van der Waals surface area contributed by atoms with Crippen molar-refractivity contribution in [3.8, 4) is 0 Å². The highest BCUT2D eigenvalue weighted by molar-refractivity contribution is 7.10. The number of aromatic nitrogens is 1. The largest absolute Gasteiger partial charge is 0.309 e. The lowest BCUT2D eigenvalue weighted by atomic mass is 10.2. The summed E-state index contributed by atoms with van der Waals surface area (Å²) in [6, 6.07) is 2.62. The first kappa shape index (κ1) is 11.8. The molecule has 0 aliphatic heterocycles. The summed E-state index contributed by atoms with van der Waals surface area (Å²) in [5.41, 5.74) is 4.47. The van der Waals surface area contributed by atoms with E-state index in [9.17, 15) is 0 Å². The molecule has 0 radical (unpaired) electrons. The summed E-state index contributed by atoms with van der Waals surface area (Å²) in [5, 5.41) is 7.81. The van der Waals surface area contributed by atoms with Crippen LogP contribution >= 0.6 is 22.7 Å². The molecule has 2 nitrogen and oxygen atoms in total. The molecule has 0 aromatic carbocycles. The number of hydrogen-bond acceptors (Lipinski definition) is 4. The molecule has 2 aromatic heterocycles. The van der Waals surface area contributed by atoms with Crippen molar-refractivity contribution in [3.05, 3.63) is 38.5 Å². The van der Waals surface area contributed by atoms with Gasteiger partial charge in [-0.3, -0.25) is 0 Å². The van der Waals surface area contributed by atoms with E-state index in [2.05, 4.69) is 41.0 Å². The lowest BCUT2D eigenvalue weighted by Gasteiger charge is -2.12. The fourth-order valence-corrected chi connectivity index (χ4v) is 3.25. The molecule has 4 heteroatoms. The summed E-state index contributed by atoms with van der Waals surface area (Å²) in [5.74, 6) is 0. The number of aryl methyl sites for hydroxylation is 1. The monoisotopic (exact) mass is 252 g/mol. The Labute approximate surface area is 104 Å². The molecule has 86 valence electrons. The highest BCUT2D eigenvalue weighted by Gasteiger charge is 2.08. The van der Waals surface area contributed by atoms with E-state index in [-0.39, 0.29) is 0 Å². The van der Waals surface area contributed by atoms with Crippen LogP contribution in [0.15, 0.2) is 22.3 Å². The van der Waals surface area contributed by atoms with Gasteiger partial charge in [0.1, 0.15) is 0 Å². The first-order valence-electron chi connectivity index (χ1n) is 5.42. The second kappa shape index (κ2) is 5.57. The molecule has 0 aliphatic rings. The third-order valence-electron chi connectivity index (χ3n) is 2.61. The van der Waals surface area contributed by atoms with Gasteiger partial charge in [-0.15, -0.1) is 22.7 Å². The van der Waals surface area contributed by atoms with Crippen molar-refractivity contribution in [1.82, 2.24) is 10.3 Å². The number of nitrogens with one attached hydrogen (secondary N) is 1. The predicted molar refractivity (Wildman–Crippen MR) is 71.3 cm³/mol. The summed E-state index contributed by atoms with van der Waals surface area (Å²) in [6.07, 6.45) is 1.01. The van der Waals surface area contributed by atoms with Crippen LogP contribution in [-0.4, -0.2) is 11.5 Å². The van der Waals surface area contributed by atoms with Crippen LogP contribution in [-0.2, 0) is 6.42 Å². The maximum atomic E-state index is 4.27. The van der Waals surface area contributed by atoms with Crippen molar-refractivity contribution in [2.75, 3.05) is 6.54 Å². The number of thiazole rings is 1. The average molecular weight is 252 g/mol. The molecule has 0 amide bonds. The topological polar surface area (TPSA) is 24.9 Å². The molecule has 0 fully saturated rings. The molecule has 16 heavy (non-hydrogen) atoms. The molecule has 2 rings (SSSR count). The number of hydrogen-bond donors (Lipinski definition) is 1. The van der Waals surface area contributed by atoms with Crippen LogP contribution in [0.2, 0.25) is 0 Å². The minimum Gasteiger partial charge on any atom is -0.309 e. The molecular weight excluding hydrogens is 236 g/mol. The fourth-order valence-electron chi connectivity index (χ4n) is 1.70. The Hall–Kier alpha value is -0.710. The second-order valence-corrected chi connectivity index (χ2v) is 5.54. The lowest BCUT2D eigenvalue weighted by molar-refractivity contribution is 0.580. The van der Waals surface area contributed by atoms with Crippen LogP contribution < -0.4 is 5.32 Å². The molecule has 2 heterocycles. The zero-order valence-electron chi connectivity index (χ0n) is 9.56. The summed E-state index contributed by atoms with van der Waals surface area (Å²) in [6.45, 7) is 5.38. The van der Waals surface area contributed by atoms with Gasteiger partial charge in [0.15, 0.2) is 0 Å². The molecule has 1 N–H and O–H groups in total. The van der Waals surface area contributed by atoms with Gasteiger partial charge in [0.05, 0.1) is 11.2 Å². The zero-order chi connectivity index (χ0) is 11.4. The standard InChI is InChI=1S/C12H16N2S2/c1-9-4-6-16-12(9)10(2)13-5-3-11-7-15-8-14-11/h4,6-8,10,13H,3,5H2,1-2H3. The Kier molecular flexibility index (Phi) is 4.09. The predicted octanol–water partition coefficient (Wildman–Crippen LogP) is 3.41. The Morgan fingerprint density at radius 1 is 1.50 bits per heavy atom. The maximum absolute atomic E-state index is 4.27. The molecular formula is C12H16N2S2. The molecule has 0 bridgehead atoms. The Balaban J connectivity index is 1.80. The van der Waals surface area contributed by atoms with Crippen LogP contribution in [0.1, 0.15) is 29.1 Å². The maximum Gasteiger partial charge on any atom is 0.0794 e. The van der Waals surface area contributed by atoms with Crippen molar-refractivity contribution in [2.24, 2.45) is 0 Å². The molecule has 0 aliphatic carbocycles. The summed E-state index contributed by atoms with van der Waals surface area (Å²) < 4.78 is 0. The van der Waals surface area contributed by atoms with Gasteiger partial charge in [-0.05, 0) is 30.9 Å². The van der Waals surface area contributed by atoms with E-state index >= 15 is 0 Å². The van der Waals surface area contributed by atoms with Gasteiger partial charge in [0, 0.05) is 29.3 Å². The van der Waals surface area contributed by atoms with E-state index in [1.54, 1.807) is 11.3 Å². The lowest BCUT2D eigenvalue weighted by Crippen LogP contribution is -2.21. The summed E-state index contributed by atoms with van der Waals surface area (Å²) in [7, 11) is 0. The molecule has 0 saturated carbocycles. The second-order valence-electron chi connectivity index (χ2n) is 3.87. The first-order chi connectivity index (χ1) is 7.77. The van der Waals surface area contributed by atoms with Crippen molar-refractivity contribution in [1.29, 1.82) is 0 Å². The van der Waals surface area contributed by atoms with Crippen molar-refractivity contribution in [3.63, 3.8) is 0 Å². The molecule has 1 unspecified atom stereocenters. The SMILES string of the molecule is Cc1ccsc1C(C)NCCc1cscn1. The minimum atomic E-state index is 0.443. The quantitative estimate of drug-likeness (QED) is 0.882. The van der Waals surface area contributed by atoms with Crippen molar-refractivity contribution < 1.29 is 0 Å². The van der Waals surface area contributed by atoms with Crippen LogP contribution in [0.25, 0.3) is 0 Å². The fraction of sp³-hybridized carbons (Fsp3) is 0.417. The highest BCUT2D eigenvalue weighted by Crippen LogP contribution is 2.23. The molecule has 0 spiro atoms. The van der Waals surface area contributed by atoms with Gasteiger partial charge >= 0.3 is 0 Å². The molecule has 0 saturated heterocycles. The average Bonchev–Trinajstić information content (AvgIpc) is 2.88. The third kappa shape index (κ3) is 2.90. The summed E-state index contributed by atoms with van der Waals surface area (Å²) >= 11 is 3.49. The third-order valence-corrected chi connectivity index (χ3v) is 4.45. The smallest absolute Gasteiger partial charge is 0.0794 e. The number of rotatable bonds is 5. The van der Waals surface area contributed by atoms with Crippen LogP contribution in [0, 0.1) is 6.92 Å². The van der Waals surface area contributed by atoms with Gasteiger partial charge in [0.25, 0.3) is 0 Å². The Morgan fingerprint density at radius 2 is 2.38 bits per heavy atom. The van der Waals surface area contributed by atoms with Crippen LogP contribution in [0.3, 0.4) is 0 Å². The first-order valence-corrected chi connectivity index (χ1v) is 7.24. The Bertz CT molecular complexity index is 420. The van der Waals surface area contributed by atoms with E-state index in [0.717, 1.165) is 13.0 Å². The zero-order valence-corrected chi connectivity index (χ0v) is 11.2. The number of nitrogens with zero attached hydrogens (tertiary/aromatic N) is 1. The normalized spacial score (nSPS) is 12.9. The van der Waals surface area contributed by atoms with E-state index in [1.165, 1.54) is 16.1 Å². The van der Waals surface area contributed by atoms with E-state index in [4.69, 9.17) is 0 Å². The van der Waals surface area contributed by atoms with E-state index in [0.29, 0.717) is 6.04 Å². The van der Waals surface area contributed by atoms with Gasteiger partial charge in [-0.25, -0.2) is 4.98 Å². The van der Waals surface area contributed by atoms with Gasteiger partial charge in [0.2, 0.25) is 0 Å². The van der Waals surface area contributed by atoms with Crippen molar-refractivity contribution >= 4 is 22.7 Å². The minimum absolute atomic E-state index is 0.443. The summed E-state index contributed by atoms with van der Waals surface area (Å²) in [4.78, 5) is 5.72. The highest BCUT2D eigenvalue weighted by atomic mass is 32.1. The van der Waals surface area contributed by atoms with Gasteiger partial charge in [-0.1, -0.05) is 0 Å². The molecule has 2 aromatic rings. The van der Waals surface area contributed by atoms with E-state index < -0.39 is 0 Å². The van der Waals surface area contributed by atoms with Crippen molar-refractivity contribution in [2.45, 2.75) is 26.3 Å². The van der Waals surface area contributed by atoms with Gasteiger partial charge in [-0.2, -0.15) is 0 Å². The van der Waals surface area contributed by atoms with Crippen LogP contribution in [0.4, 0.5) is 0 Å². The Morgan fingerprint density at radius 3 is 3.00 bits per heavy atom. The van der Waals surface area contributed by atoms with Crippen LogP contribution in [0.5, 0.6) is 0 Å². The number of thiophene rings is 1. The van der Waals surface area contributed by atoms with Gasteiger partial charge < -0.3 is 5.32 Å².